The molecule has 55 heavy (non-hydrogen) atoms. The highest BCUT2D eigenvalue weighted by atomic mass is 15.1. The summed E-state index contributed by atoms with van der Waals surface area (Å²) in [6.07, 6.45) is 6.49. The third kappa shape index (κ3) is 6.63. The number of para-hydroxylation sites is 2. The highest BCUT2D eigenvalue weighted by Crippen LogP contribution is 2.50. The number of anilines is 3. The van der Waals surface area contributed by atoms with Crippen LogP contribution in [0.25, 0.3) is 54.9 Å². The quantitative estimate of drug-likeness (QED) is 0.159. The second kappa shape index (κ2) is 14.7. The van der Waals surface area contributed by atoms with Gasteiger partial charge in [-0.2, -0.15) is 0 Å². The minimum Gasteiger partial charge on any atom is -0.309 e. The average Bonchev–Trinajstić information content (AvgIpc) is 3.24. The third-order valence-electron chi connectivity index (χ3n) is 11.8. The summed E-state index contributed by atoms with van der Waals surface area (Å²) >= 11 is 0. The van der Waals surface area contributed by atoms with Crippen molar-refractivity contribution in [2.24, 2.45) is 0 Å². The molecule has 0 amide bonds. The topological polar surface area (TPSA) is 3.24 Å². The van der Waals surface area contributed by atoms with Crippen molar-refractivity contribution in [2.45, 2.75) is 64.2 Å². The number of hydrogen-bond acceptors (Lipinski definition) is 1. The van der Waals surface area contributed by atoms with Crippen molar-refractivity contribution in [1.29, 1.82) is 0 Å². The van der Waals surface area contributed by atoms with Crippen molar-refractivity contribution in [2.75, 3.05) is 4.90 Å². The molecule has 0 aliphatic heterocycles. The number of benzene rings is 8. The fourth-order valence-corrected chi connectivity index (χ4v) is 9.04. The fraction of sp³-hybridized carbons (Fsp3) is 0.185. The van der Waals surface area contributed by atoms with Gasteiger partial charge in [-0.15, -0.1) is 0 Å². The van der Waals surface area contributed by atoms with Crippen LogP contribution in [0.5, 0.6) is 0 Å². The Bertz CT molecular complexity index is 2610. The van der Waals surface area contributed by atoms with Gasteiger partial charge in [0.15, 0.2) is 0 Å². The van der Waals surface area contributed by atoms with Crippen LogP contribution < -0.4 is 4.90 Å². The summed E-state index contributed by atoms with van der Waals surface area (Å²) in [6.45, 7) is 6.96. The van der Waals surface area contributed by atoms with E-state index in [0.29, 0.717) is 5.92 Å². The van der Waals surface area contributed by atoms with Crippen molar-refractivity contribution < 1.29 is 0 Å². The predicted molar refractivity (Wildman–Crippen MR) is 237 cm³/mol. The van der Waals surface area contributed by atoms with Crippen molar-refractivity contribution >= 4 is 38.6 Å². The van der Waals surface area contributed by atoms with Crippen molar-refractivity contribution in [3.05, 3.63) is 187 Å². The van der Waals surface area contributed by atoms with Crippen LogP contribution in [0.3, 0.4) is 0 Å². The summed E-state index contributed by atoms with van der Waals surface area (Å²) in [5.41, 5.74) is 13.6. The summed E-state index contributed by atoms with van der Waals surface area (Å²) in [4.78, 5) is 2.58. The zero-order valence-corrected chi connectivity index (χ0v) is 32.3. The van der Waals surface area contributed by atoms with Crippen LogP contribution >= 0.6 is 0 Å². The molecule has 0 unspecified atom stereocenters. The Kier molecular flexibility index (Phi) is 9.32. The van der Waals surface area contributed by atoms with Gasteiger partial charge in [0.2, 0.25) is 0 Å². The Morgan fingerprint density at radius 3 is 1.73 bits per heavy atom. The van der Waals surface area contributed by atoms with E-state index in [1.54, 1.807) is 0 Å². The van der Waals surface area contributed by atoms with Gasteiger partial charge in [0.05, 0.1) is 17.1 Å². The van der Waals surface area contributed by atoms with Crippen LogP contribution in [0.4, 0.5) is 17.1 Å². The maximum absolute atomic E-state index is 2.58. The summed E-state index contributed by atoms with van der Waals surface area (Å²) in [7, 11) is 0. The summed E-state index contributed by atoms with van der Waals surface area (Å²) < 4.78 is 0. The van der Waals surface area contributed by atoms with E-state index < -0.39 is 0 Å². The third-order valence-corrected chi connectivity index (χ3v) is 11.8. The maximum Gasteiger partial charge on any atom is 0.0543 e. The molecule has 0 N–H and O–H groups in total. The molecular weight excluding hydrogens is 663 g/mol. The van der Waals surface area contributed by atoms with Crippen LogP contribution in [-0.2, 0) is 5.41 Å². The first-order valence-electron chi connectivity index (χ1n) is 20.1. The smallest absolute Gasteiger partial charge is 0.0543 e. The minimum absolute atomic E-state index is 0.0468. The molecule has 0 aromatic heterocycles. The lowest BCUT2D eigenvalue weighted by molar-refractivity contribution is 0.445. The van der Waals surface area contributed by atoms with E-state index in [1.807, 2.05) is 0 Å². The van der Waals surface area contributed by atoms with E-state index in [9.17, 15) is 0 Å². The molecule has 0 bridgehead atoms. The van der Waals surface area contributed by atoms with Crippen molar-refractivity contribution in [3.8, 4) is 33.4 Å². The molecule has 0 saturated heterocycles. The van der Waals surface area contributed by atoms with Gasteiger partial charge in [0, 0.05) is 16.7 Å². The van der Waals surface area contributed by atoms with Crippen LogP contribution in [0.15, 0.2) is 176 Å². The summed E-state index contributed by atoms with van der Waals surface area (Å²) in [5.74, 6) is 0.585. The number of hydrogen-bond donors (Lipinski definition) is 0. The van der Waals surface area contributed by atoms with Gasteiger partial charge in [-0.1, -0.05) is 198 Å². The molecule has 0 heterocycles. The van der Waals surface area contributed by atoms with E-state index in [2.05, 4.69) is 202 Å². The molecular formula is C54H49N. The van der Waals surface area contributed by atoms with Crippen LogP contribution in [-0.4, -0.2) is 0 Å². The first-order valence-corrected chi connectivity index (χ1v) is 20.1. The molecule has 1 aliphatic carbocycles. The van der Waals surface area contributed by atoms with Crippen molar-refractivity contribution in [1.82, 2.24) is 0 Å². The highest BCUT2D eigenvalue weighted by Gasteiger charge is 2.27. The zero-order valence-electron chi connectivity index (χ0n) is 32.3. The molecule has 1 aliphatic rings. The van der Waals surface area contributed by atoms with Crippen LogP contribution in [0.2, 0.25) is 0 Å². The van der Waals surface area contributed by atoms with Gasteiger partial charge in [0.25, 0.3) is 0 Å². The van der Waals surface area contributed by atoms with E-state index in [0.717, 1.165) is 5.69 Å². The number of nitrogens with zero attached hydrogens (tertiary/aromatic N) is 1. The van der Waals surface area contributed by atoms with E-state index in [-0.39, 0.29) is 5.41 Å². The average molecular weight is 712 g/mol. The van der Waals surface area contributed by atoms with Gasteiger partial charge in [-0.05, 0) is 91.7 Å². The maximum atomic E-state index is 2.58. The monoisotopic (exact) mass is 711 g/mol. The van der Waals surface area contributed by atoms with E-state index in [1.165, 1.54) is 110 Å². The second-order valence-electron chi connectivity index (χ2n) is 16.3. The Morgan fingerprint density at radius 2 is 1.00 bits per heavy atom. The lowest BCUT2D eigenvalue weighted by Crippen LogP contribution is -2.17. The van der Waals surface area contributed by atoms with Crippen LogP contribution in [0, 0.1) is 0 Å². The summed E-state index contributed by atoms with van der Waals surface area (Å²) in [6, 6.07) is 65.6. The van der Waals surface area contributed by atoms with E-state index >= 15 is 0 Å². The van der Waals surface area contributed by atoms with Crippen molar-refractivity contribution in [3.63, 3.8) is 0 Å². The highest BCUT2D eigenvalue weighted by molar-refractivity contribution is 6.07. The number of rotatable bonds is 7. The predicted octanol–water partition coefficient (Wildman–Crippen LogP) is 15.8. The zero-order chi connectivity index (χ0) is 37.4. The molecule has 1 fully saturated rings. The molecule has 0 atom stereocenters. The SMILES string of the molecule is CC(C)(C)c1ccc(-c2ccccc2)c(N(c2ccccc2-c2cccc3ccccc23)c2ccccc2-c2cccc3cccc(C4CCCCC4)c23)c1. The largest absolute Gasteiger partial charge is 0.309 e. The molecule has 270 valence electrons. The standard InChI is InChI=1S/C54H49N/c1-54(2,3)42-35-36-44(39-19-6-4-7-20-39)52(37-42)55(50-33-14-12-28-47(50)46-31-16-24-38-23-10-11-27-43(38)46)51-34-15-13-29-48(51)49-32-18-26-41-25-17-30-45(53(41)49)40-21-8-5-9-22-40/h4,6-7,10-20,23-37,40H,5,8-9,21-22H2,1-3H3. The van der Waals surface area contributed by atoms with Gasteiger partial charge < -0.3 is 4.90 Å². The summed E-state index contributed by atoms with van der Waals surface area (Å²) in [5, 5.41) is 5.21. The Hall–Kier alpha value is -5.92. The van der Waals surface area contributed by atoms with Gasteiger partial charge in [0.1, 0.15) is 0 Å². The molecule has 9 rings (SSSR count). The van der Waals surface area contributed by atoms with Gasteiger partial charge in [-0.3, -0.25) is 0 Å². The minimum atomic E-state index is -0.0468. The molecule has 0 radical (unpaired) electrons. The normalized spacial score (nSPS) is 13.7. The van der Waals surface area contributed by atoms with E-state index in [4.69, 9.17) is 0 Å². The van der Waals surface area contributed by atoms with Crippen LogP contribution in [0.1, 0.15) is 69.9 Å². The number of fused-ring (bicyclic) bond motifs is 2. The second-order valence-corrected chi connectivity index (χ2v) is 16.3. The lowest BCUT2D eigenvalue weighted by Gasteiger charge is -2.33. The first kappa shape index (κ1) is 34.8. The molecule has 0 spiro atoms. The molecule has 1 nitrogen and oxygen atoms in total. The Morgan fingerprint density at radius 1 is 0.436 bits per heavy atom. The van der Waals surface area contributed by atoms with Gasteiger partial charge in [-0.25, -0.2) is 0 Å². The van der Waals surface area contributed by atoms with Gasteiger partial charge >= 0.3 is 0 Å². The molecule has 1 heteroatoms. The Labute approximate surface area is 326 Å². The lowest BCUT2D eigenvalue weighted by atomic mass is 9.80. The molecule has 8 aromatic rings. The molecule has 8 aromatic carbocycles. The fourth-order valence-electron chi connectivity index (χ4n) is 9.04. The Balaban J connectivity index is 1.38. The molecule has 1 saturated carbocycles. The first-order chi connectivity index (χ1) is 27.0.